The first-order valence-electron chi connectivity index (χ1n) is 5.17. The van der Waals surface area contributed by atoms with E-state index >= 15 is 0 Å². The van der Waals surface area contributed by atoms with Crippen LogP contribution < -0.4 is 0 Å². The van der Waals surface area contributed by atoms with Gasteiger partial charge in [-0.25, -0.2) is 0 Å². The van der Waals surface area contributed by atoms with Gasteiger partial charge in [0.2, 0.25) is 0 Å². The fraction of sp³-hybridized carbons (Fsp3) is 1.00. The molecule has 0 amide bonds. The minimum Gasteiger partial charge on any atom is -0.298 e. The van der Waals surface area contributed by atoms with Crippen molar-refractivity contribution in [3.8, 4) is 0 Å². The van der Waals surface area contributed by atoms with Gasteiger partial charge in [0.15, 0.2) is 0 Å². The first-order valence-corrected chi connectivity index (χ1v) is 7.45. The Morgan fingerprint density at radius 3 is 2.92 bits per heavy atom. The summed E-state index contributed by atoms with van der Waals surface area (Å²) >= 11 is 5.67. The summed E-state index contributed by atoms with van der Waals surface area (Å²) in [6.07, 6.45) is 1.38. The van der Waals surface area contributed by atoms with E-state index < -0.39 is 0 Å². The van der Waals surface area contributed by atoms with Crippen molar-refractivity contribution in [2.24, 2.45) is 5.92 Å². The molecule has 1 nitrogen and oxygen atoms in total. The van der Waals surface area contributed by atoms with E-state index in [0.717, 1.165) is 17.3 Å². The van der Waals surface area contributed by atoms with Gasteiger partial charge in [0.1, 0.15) is 0 Å². The Morgan fingerprint density at radius 1 is 1.54 bits per heavy atom. The fourth-order valence-electron chi connectivity index (χ4n) is 1.94. The SMILES string of the molecule is CCSCCN1CCC(C)C1CBr. The van der Waals surface area contributed by atoms with Crippen LogP contribution in [0.5, 0.6) is 0 Å². The Hall–Kier alpha value is 0.790. The summed E-state index contributed by atoms with van der Waals surface area (Å²) in [6, 6.07) is 0.789. The van der Waals surface area contributed by atoms with Crippen molar-refractivity contribution < 1.29 is 0 Å². The van der Waals surface area contributed by atoms with Gasteiger partial charge in [0, 0.05) is 23.7 Å². The molecule has 1 fully saturated rings. The lowest BCUT2D eigenvalue weighted by Crippen LogP contribution is -2.35. The van der Waals surface area contributed by atoms with Gasteiger partial charge in [-0.3, -0.25) is 4.90 Å². The molecule has 0 bridgehead atoms. The summed E-state index contributed by atoms with van der Waals surface area (Å²) in [4.78, 5) is 2.64. The number of hydrogen-bond acceptors (Lipinski definition) is 2. The van der Waals surface area contributed by atoms with Crippen LogP contribution in [0.3, 0.4) is 0 Å². The number of thioether (sulfide) groups is 1. The van der Waals surface area contributed by atoms with Crippen LogP contribution in [0.4, 0.5) is 0 Å². The molecule has 0 radical (unpaired) electrons. The number of rotatable bonds is 5. The largest absolute Gasteiger partial charge is 0.298 e. The Kier molecular flexibility index (Phi) is 5.75. The Morgan fingerprint density at radius 2 is 2.31 bits per heavy atom. The Balaban J connectivity index is 2.24. The molecule has 0 N–H and O–H groups in total. The molecule has 0 aromatic heterocycles. The highest BCUT2D eigenvalue weighted by molar-refractivity contribution is 9.09. The highest BCUT2D eigenvalue weighted by Gasteiger charge is 2.29. The molecule has 0 aromatic rings. The van der Waals surface area contributed by atoms with Crippen molar-refractivity contribution in [3.05, 3.63) is 0 Å². The van der Waals surface area contributed by atoms with Gasteiger partial charge in [0.25, 0.3) is 0 Å². The van der Waals surface area contributed by atoms with Crippen molar-refractivity contribution in [1.82, 2.24) is 4.90 Å². The third kappa shape index (κ3) is 3.45. The standard InChI is InChI=1S/C10H20BrNS/c1-3-13-7-6-12-5-4-9(2)10(12)8-11/h9-10H,3-8H2,1-2H3. The molecule has 0 spiro atoms. The van der Waals surface area contributed by atoms with Crippen LogP contribution in [0, 0.1) is 5.92 Å². The van der Waals surface area contributed by atoms with Gasteiger partial charge in [0.05, 0.1) is 0 Å². The van der Waals surface area contributed by atoms with Crippen LogP contribution in [0.15, 0.2) is 0 Å². The van der Waals surface area contributed by atoms with Crippen molar-refractivity contribution in [2.75, 3.05) is 29.9 Å². The molecular formula is C10H20BrNS. The molecule has 1 aliphatic heterocycles. The average molecular weight is 266 g/mol. The summed E-state index contributed by atoms with van der Waals surface area (Å²) < 4.78 is 0. The molecule has 1 heterocycles. The lowest BCUT2D eigenvalue weighted by Gasteiger charge is -2.24. The zero-order chi connectivity index (χ0) is 9.68. The minimum atomic E-state index is 0.789. The molecule has 78 valence electrons. The molecule has 2 unspecified atom stereocenters. The van der Waals surface area contributed by atoms with E-state index in [1.807, 2.05) is 0 Å². The zero-order valence-electron chi connectivity index (χ0n) is 8.63. The quantitative estimate of drug-likeness (QED) is 0.556. The van der Waals surface area contributed by atoms with Crippen LogP contribution in [-0.2, 0) is 0 Å². The van der Waals surface area contributed by atoms with Gasteiger partial charge in [-0.05, 0) is 24.6 Å². The molecule has 3 heteroatoms. The van der Waals surface area contributed by atoms with E-state index in [4.69, 9.17) is 0 Å². The molecule has 1 aliphatic rings. The van der Waals surface area contributed by atoms with Crippen molar-refractivity contribution >= 4 is 27.7 Å². The predicted octanol–water partition coefficient (Wildman–Crippen LogP) is 2.84. The Labute approximate surface area is 94.8 Å². The average Bonchev–Trinajstić information content (AvgIpc) is 2.47. The topological polar surface area (TPSA) is 3.24 Å². The van der Waals surface area contributed by atoms with Crippen molar-refractivity contribution in [1.29, 1.82) is 0 Å². The van der Waals surface area contributed by atoms with Crippen LogP contribution in [0.25, 0.3) is 0 Å². The number of alkyl halides is 1. The number of halogens is 1. The molecule has 1 saturated heterocycles. The second-order valence-corrected chi connectivity index (χ2v) is 5.76. The number of likely N-dealkylation sites (tertiary alicyclic amines) is 1. The Bertz CT molecular complexity index is 143. The first-order chi connectivity index (χ1) is 6.29. The van der Waals surface area contributed by atoms with Crippen LogP contribution >= 0.6 is 27.7 Å². The molecule has 2 atom stereocenters. The zero-order valence-corrected chi connectivity index (χ0v) is 11.0. The lowest BCUT2D eigenvalue weighted by molar-refractivity contribution is 0.268. The maximum absolute atomic E-state index is 3.62. The highest BCUT2D eigenvalue weighted by atomic mass is 79.9. The third-order valence-electron chi connectivity index (χ3n) is 2.88. The summed E-state index contributed by atoms with van der Waals surface area (Å²) in [5, 5.41) is 1.14. The van der Waals surface area contributed by atoms with Gasteiger partial charge in [-0.15, -0.1) is 0 Å². The molecule has 13 heavy (non-hydrogen) atoms. The van der Waals surface area contributed by atoms with E-state index in [0.29, 0.717) is 0 Å². The van der Waals surface area contributed by atoms with Crippen molar-refractivity contribution in [3.63, 3.8) is 0 Å². The summed E-state index contributed by atoms with van der Waals surface area (Å²) in [5.41, 5.74) is 0. The van der Waals surface area contributed by atoms with Gasteiger partial charge >= 0.3 is 0 Å². The van der Waals surface area contributed by atoms with E-state index in [-0.39, 0.29) is 0 Å². The molecule has 0 saturated carbocycles. The van der Waals surface area contributed by atoms with E-state index in [1.165, 1.54) is 31.0 Å². The monoisotopic (exact) mass is 265 g/mol. The van der Waals surface area contributed by atoms with Crippen LogP contribution in [-0.4, -0.2) is 40.9 Å². The van der Waals surface area contributed by atoms with Gasteiger partial charge in [-0.2, -0.15) is 11.8 Å². The molecular weight excluding hydrogens is 246 g/mol. The van der Waals surface area contributed by atoms with Gasteiger partial charge in [-0.1, -0.05) is 29.8 Å². The third-order valence-corrected chi connectivity index (χ3v) is 4.43. The number of hydrogen-bond donors (Lipinski definition) is 0. The highest BCUT2D eigenvalue weighted by Crippen LogP contribution is 2.25. The van der Waals surface area contributed by atoms with E-state index in [9.17, 15) is 0 Å². The van der Waals surface area contributed by atoms with Crippen LogP contribution in [0.2, 0.25) is 0 Å². The predicted molar refractivity (Wildman–Crippen MR) is 65.9 cm³/mol. The molecule has 1 rings (SSSR count). The summed E-state index contributed by atoms with van der Waals surface area (Å²) in [7, 11) is 0. The minimum absolute atomic E-state index is 0.789. The van der Waals surface area contributed by atoms with Crippen LogP contribution in [0.1, 0.15) is 20.3 Å². The van der Waals surface area contributed by atoms with E-state index in [1.54, 1.807) is 0 Å². The lowest BCUT2D eigenvalue weighted by atomic mass is 10.1. The normalized spacial score (nSPS) is 29.8. The molecule has 0 aliphatic carbocycles. The second kappa shape index (κ2) is 6.31. The van der Waals surface area contributed by atoms with Crippen molar-refractivity contribution in [2.45, 2.75) is 26.3 Å². The first kappa shape index (κ1) is 11.9. The summed E-state index contributed by atoms with van der Waals surface area (Å²) in [5.74, 6) is 3.43. The maximum atomic E-state index is 3.62. The number of nitrogens with zero attached hydrogens (tertiary/aromatic N) is 1. The second-order valence-electron chi connectivity index (χ2n) is 3.72. The fourth-order valence-corrected chi connectivity index (χ4v) is 3.64. The smallest absolute Gasteiger partial charge is 0.0219 e. The van der Waals surface area contributed by atoms with Gasteiger partial charge < -0.3 is 0 Å². The molecule has 0 aromatic carbocycles. The maximum Gasteiger partial charge on any atom is 0.0219 e. The summed E-state index contributed by atoms with van der Waals surface area (Å²) in [6.45, 7) is 7.19. The van der Waals surface area contributed by atoms with E-state index in [2.05, 4.69) is 46.4 Å².